The highest BCUT2D eigenvalue weighted by molar-refractivity contribution is 5.63. The van der Waals surface area contributed by atoms with Crippen LogP contribution in [-0.2, 0) is 0 Å². The molecule has 0 atom stereocenters. The average Bonchev–Trinajstić information content (AvgIpc) is 2.32. The lowest BCUT2D eigenvalue weighted by molar-refractivity contribution is 0.412. The SMILES string of the molecule is COc1cccc(Oc2cccc(C)c2)c1N. The predicted octanol–water partition coefficient (Wildman–Crippen LogP) is 3.38. The molecule has 0 amide bonds. The van der Waals surface area contributed by atoms with Crippen molar-refractivity contribution in [3.8, 4) is 17.2 Å². The summed E-state index contributed by atoms with van der Waals surface area (Å²) in [5.41, 5.74) is 7.58. The van der Waals surface area contributed by atoms with Crippen molar-refractivity contribution in [3.63, 3.8) is 0 Å². The van der Waals surface area contributed by atoms with E-state index in [-0.39, 0.29) is 0 Å². The quantitative estimate of drug-likeness (QED) is 0.820. The van der Waals surface area contributed by atoms with E-state index in [0.717, 1.165) is 11.3 Å². The molecule has 2 N–H and O–H groups in total. The first-order valence-corrected chi connectivity index (χ1v) is 5.37. The van der Waals surface area contributed by atoms with Crippen LogP contribution >= 0.6 is 0 Å². The van der Waals surface area contributed by atoms with Gasteiger partial charge in [-0.3, -0.25) is 0 Å². The lowest BCUT2D eigenvalue weighted by atomic mass is 10.2. The van der Waals surface area contributed by atoms with Crippen LogP contribution in [0.5, 0.6) is 17.2 Å². The largest absolute Gasteiger partial charge is 0.494 e. The summed E-state index contributed by atoms with van der Waals surface area (Å²) in [6, 6.07) is 13.3. The van der Waals surface area contributed by atoms with Crippen LogP contribution in [0.15, 0.2) is 42.5 Å². The summed E-state index contributed by atoms with van der Waals surface area (Å²) in [5.74, 6) is 2.00. The molecule has 0 saturated carbocycles. The molecule has 0 bridgehead atoms. The molecule has 0 aliphatic heterocycles. The summed E-state index contributed by atoms with van der Waals surface area (Å²) >= 11 is 0. The number of anilines is 1. The van der Waals surface area contributed by atoms with Crippen LogP contribution in [-0.4, -0.2) is 7.11 Å². The number of nitrogens with two attached hydrogens (primary N) is 1. The minimum Gasteiger partial charge on any atom is -0.494 e. The van der Waals surface area contributed by atoms with Gasteiger partial charge in [0.15, 0.2) is 5.75 Å². The second-order valence-corrected chi connectivity index (χ2v) is 3.79. The highest BCUT2D eigenvalue weighted by Crippen LogP contribution is 2.34. The van der Waals surface area contributed by atoms with Crippen molar-refractivity contribution in [2.45, 2.75) is 6.92 Å². The Morgan fingerprint density at radius 1 is 1.00 bits per heavy atom. The normalized spacial score (nSPS) is 10.0. The van der Waals surface area contributed by atoms with Crippen LogP contribution in [0.4, 0.5) is 5.69 Å². The highest BCUT2D eigenvalue weighted by Gasteiger charge is 2.07. The fourth-order valence-corrected chi connectivity index (χ4v) is 1.60. The molecule has 2 rings (SSSR count). The van der Waals surface area contributed by atoms with Gasteiger partial charge in [-0.05, 0) is 36.8 Å². The fourth-order valence-electron chi connectivity index (χ4n) is 1.60. The van der Waals surface area contributed by atoms with Gasteiger partial charge in [-0.25, -0.2) is 0 Å². The maximum Gasteiger partial charge on any atom is 0.154 e. The van der Waals surface area contributed by atoms with E-state index in [4.69, 9.17) is 15.2 Å². The standard InChI is InChI=1S/C14H15NO2/c1-10-5-3-6-11(9-10)17-13-8-4-7-12(16-2)14(13)15/h3-9H,15H2,1-2H3. The lowest BCUT2D eigenvalue weighted by Crippen LogP contribution is -1.96. The first-order chi connectivity index (χ1) is 8.20. The molecular weight excluding hydrogens is 214 g/mol. The number of benzene rings is 2. The van der Waals surface area contributed by atoms with Crippen molar-refractivity contribution < 1.29 is 9.47 Å². The Labute approximate surface area is 101 Å². The minimum absolute atomic E-state index is 0.511. The minimum atomic E-state index is 0.511. The smallest absolute Gasteiger partial charge is 0.154 e. The maximum atomic E-state index is 5.93. The molecule has 0 radical (unpaired) electrons. The number of aryl methyl sites for hydroxylation is 1. The summed E-state index contributed by atoms with van der Waals surface area (Å²) < 4.78 is 10.9. The Morgan fingerprint density at radius 3 is 2.41 bits per heavy atom. The number of nitrogen functional groups attached to an aromatic ring is 1. The van der Waals surface area contributed by atoms with Gasteiger partial charge < -0.3 is 15.2 Å². The topological polar surface area (TPSA) is 44.5 Å². The Balaban J connectivity index is 2.30. The zero-order valence-corrected chi connectivity index (χ0v) is 9.94. The third-order valence-corrected chi connectivity index (χ3v) is 2.46. The van der Waals surface area contributed by atoms with E-state index in [0.29, 0.717) is 17.2 Å². The Morgan fingerprint density at radius 2 is 1.71 bits per heavy atom. The van der Waals surface area contributed by atoms with Gasteiger partial charge in [-0.15, -0.1) is 0 Å². The lowest BCUT2D eigenvalue weighted by Gasteiger charge is -2.11. The Hall–Kier alpha value is -2.16. The summed E-state index contributed by atoms with van der Waals surface area (Å²) in [6.45, 7) is 2.02. The number of methoxy groups -OCH3 is 1. The van der Waals surface area contributed by atoms with Gasteiger partial charge in [-0.1, -0.05) is 18.2 Å². The number of hydrogen-bond acceptors (Lipinski definition) is 3. The zero-order valence-electron chi connectivity index (χ0n) is 9.94. The zero-order chi connectivity index (χ0) is 12.3. The fraction of sp³-hybridized carbons (Fsp3) is 0.143. The van der Waals surface area contributed by atoms with E-state index in [2.05, 4.69) is 0 Å². The molecule has 0 unspecified atom stereocenters. The second-order valence-electron chi connectivity index (χ2n) is 3.79. The van der Waals surface area contributed by atoms with Gasteiger partial charge in [0.05, 0.1) is 7.11 Å². The second kappa shape index (κ2) is 4.78. The van der Waals surface area contributed by atoms with E-state index < -0.39 is 0 Å². The molecule has 0 heterocycles. The van der Waals surface area contributed by atoms with Gasteiger partial charge in [0, 0.05) is 0 Å². The Kier molecular flexibility index (Phi) is 3.19. The molecule has 0 fully saturated rings. The van der Waals surface area contributed by atoms with Gasteiger partial charge in [0.1, 0.15) is 17.2 Å². The average molecular weight is 229 g/mol. The predicted molar refractivity (Wildman–Crippen MR) is 68.7 cm³/mol. The molecule has 0 aromatic heterocycles. The summed E-state index contributed by atoms with van der Waals surface area (Å²) in [4.78, 5) is 0. The van der Waals surface area contributed by atoms with Crippen LogP contribution in [0.25, 0.3) is 0 Å². The van der Waals surface area contributed by atoms with Crippen molar-refractivity contribution in [1.29, 1.82) is 0 Å². The van der Waals surface area contributed by atoms with Crippen molar-refractivity contribution in [1.82, 2.24) is 0 Å². The van der Waals surface area contributed by atoms with Gasteiger partial charge >= 0.3 is 0 Å². The number of ether oxygens (including phenoxy) is 2. The van der Waals surface area contributed by atoms with Crippen LogP contribution < -0.4 is 15.2 Å². The molecule has 2 aromatic carbocycles. The number of para-hydroxylation sites is 1. The van der Waals surface area contributed by atoms with Crippen LogP contribution in [0, 0.1) is 6.92 Å². The van der Waals surface area contributed by atoms with E-state index in [1.165, 1.54) is 0 Å². The third-order valence-electron chi connectivity index (χ3n) is 2.46. The molecular formula is C14H15NO2. The van der Waals surface area contributed by atoms with E-state index in [1.54, 1.807) is 13.2 Å². The van der Waals surface area contributed by atoms with Crippen molar-refractivity contribution in [2.75, 3.05) is 12.8 Å². The molecule has 0 spiro atoms. The first-order valence-electron chi connectivity index (χ1n) is 5.37. The molecule has 88 valence electrons. The van der Waals surface area contributed by atoms with Gasteiger partial charge in [0.25, 0.3) is 0 Å². The summed E-state index contributed by atoms with van der Waals surface area (Å²) in [7, 11) is 1.59. The third kappa shape index (κ3) is 2.50. The molecule has 2 aromatic rings. The molecule has 17 heavy (non-hydrogen) atoms. The summed E-state index contributed by atoms with van der Waals surface area (Å²) in [6.07, 6.45) is 0. The van der Waals surface area contributed by atoms with Gasteiger partial charge in [0.2, 0.25) is 0 Å². The maximum absolute atomic E-state index is 5.93. The van der Waals surface area contributed by atoms with E-state index in [1.807, 2.05) is 43.3 Å². The van der Waals surface area contributed by atoms with Crippen molar-refractivity contribution >= 4 is 5.69 Å². The molecule has 3 heteroatoms. The van der Waals surface area contributed by atoms with Crippen molar-refractivity contribution in [3.05, 3.63) is 48.0 Å². The monoisotopic (exact) mass is 229 g/mol. The van der Waals surface area contributed by atoms with Crippen molar-refractivity contribution in [2.24, 2.45) is 0 Å². The molecule has 0 aliphatic carbocycles. The van der Waals surface area contributed by atoms with E-state index >= 15 is 0 Å². The van der Waals surface area contributed by atoms with Gasteiger partial charge in [-0.2, -0.15) is 0 Å². The van der Waals surface area contributed by atoms with Crippen LogP contribution in [0.3, 0.4) is 0 Å². The molecule has 0 saturated heterocycles. The highest BCUT2D eigenvalue weighted by atomic mass is 16.5. The first kappa shape index (κ1) is 11.3. The van der Waals surface area contributed by atoms with Crippen LogP contribution in [0.2, 0.25) is 0 Å². The number of hydrogen-bond donors (Lipinski definition) is 1. The molecule has 0 aliphatic rings. The van der Waals surface area contributed by atoms with Crippen LogP contribution in [0.1, 0.15) is 5.56 Å². The molecule has 3 nitrogen and oxygen atoms in total. The summed E-state index contributed by atoms with van der Waals surface area (Å²) in [5, 5.41) is 0. The van der Waals surface area contributed by atoms with E-state index in [9.17, 15) is 0 Å². The Bertz CT molecular complexity index is 523. The number of rotatable bonds is 3.